The molecule has 4 heteroatoms. The predicted octanol–water partition coefficient (Wildman–Crippen LogP) is 14.2. The van der Waals surface area contributed by atoms with Gasteiger partial charge in [-0.1, -0.05) is 159 Å². The predicted molar refractivity (Wildman–Crippen MR) is 239 cm³/mol. The number of hydrogen-bond donors (Lipinski definition) is 0. The van der Waals surface area contributed by atoms with Crippen molar-refractivity contribution in [2.24, 2.45) is 0 Å². The van der Waals surface area contributed by atoms with Gasteiger partial charge in [-0.05, 0) is 90.6 Å². The van der Waals surface area contributed by atoms with Crippen LogP contribution in [0, 0.1) is 0 Å². The number of nitrogens with zero attached hydrogens (tertiary/aromatic N) is 3. The summed E-state index contributed by atoms with van der Waals surface area (Å²) in [7, 11) is 0. The van der Waals surface area contributed by atoms with E-state index in [1.807, 2.05) is 18.2 Å². The zero-order valence-corrected chi connectivity index (χ0v) is 32.0. The molecule has 0 saturated heterocycles. The fourth-order valence-corrected chi connectivity index (χ4v) is 9.40. The minimum absolute atomic E-state index is 0.131. The molecule has 1 aliphatic rings. The van der Waals surface area contributed by atoms with E-state index in [9.17, 15) is 0 Å². The van der Waals surface area contributed by atoms with Crippen molar-refractivity contribution < 1.29 is 4.42 Å². The average molecular weight is 742 g/mol. The van der Waals surface area contributed by atoms with Gasteiger partial charge in [-0.3, -0.25) is 0 Å². The molecule has 272 valence electrons. The number of hydrogen-bond acceptors (Lipinski definition) is 4. The smallest absolute Gasteiger partial charge is 0.164 e. The summed E-state index contributed by atoms with van der Waals surface area (Å²) in [6, 6.07) is 62.6. The Kier molecular flexibility index (Phi) is 6.94. The number of furan rings is 1. The van der Waals surface area contributed by atoms with Gasteiger partial charge in [0, 0.05) is 38.3 Å². The Morgan fingerprint density at radius 1 is 0.362 bits per heavy atom. The van der Waals surface area contributed by atoms with E-state index in [2.05, 4.69) is 172 Å². The normalized spacial score (nSPS) is 13.1. The standard InChI is InChI=1S/C54H35N3O/c1-54(2)45-18-9-8-16-42(45)43-26-22-38(31-46(43)54)53-56-51(34-12-4-3-5-13-34)55-52(57-53)37-21-25-40-35(29-37)14-10-17-39(40)36-24-27-47-44(30-36)50-48(58-47)28-23-33-20-19-32-11-6-7-15-41(32)49(33)50/h3-31H,1-2H3. The quantitative estimate of drug-likeness (QED) is 0.169. The zero-order valence-electron chi connectivity index (χ0n) is 32.0. The molecule has 0 bridgehead atoms. The lowest BCUT2D eigenvalue weighted by Gasteiger charge is -2.21. The fourth-order valence-electron chi connectivity index (χ4n) is 9.40. The maximum Gasteiger partial charge on any atom is 0.164 e. The summed E-state index contributed by atoms with van der Waals surface area (Å²) in [6.07, 6.45) is 0. The first-order chi connectivity index (χ1) is 28.5. The third kappa shape index (κ3) is 4.91. The van der Waals surface area contributed by atoms with Gasteiger partial charge in [0.2, 0.25) is 0 Å². The van der Waals surface area contributed by atoms with Crippen LogP contribution in [0.5, 0.6) is 0 Å². The Morgan fingerprint density at radius 3 is 1.88 bits per heavy atom. The third-order valence-electron chi connectivity index (χ3n) is 12.3. The summed E-state index contributed by atoms with van der Waals surface area (Å²) < 4.78 is 6.46. The maximum absolute atomic E-state index is 6.46. The monoisotopic (exact) mass is 741 g/mol. The minimum atomic E-state index is -0.131. The topological polar surface area (TPSA) is 51.8 Å². The lowest BCUT2D eigenvalue weighted by molar-refractivity contribution is 0.660. The summed E-state index contributed by atoms with van der Waals surface area (Å²) >= 11 is 0. The molecule has 4 nitrogen and oxygen atoms in total. The first-order valence-electron chi connectivity index (χ1n) is 19.8. The SMILES string of the molecule is CC1(C)c2ccccc2-c2ccc(-c3nc(-c4ccccc4)nc(-c4ccc5c(-c6ccc7oc8ccc9ccc%10ccccc%10c9c8c7c6)cccc5c4)n3)cc21. The third-order valence-corrected chi connectivity index (χ3v) is 12.3. The van der Waals surface area contributed by atoms with Crippen LogP contribution in [0.25, 0.3) is 111 Å². The van der Waals surface area contributed by atoms with Gasteiger partial charge in [-0.2, -0.15) is 0 Å². The fraction of sp³-hybridized carbons (Fsp3) is 0.0556. The summed E-state index contributed by atoms with van der Waals surface area (Å²) in [6.45, 7) is 4.61. The van der Waals surface area contributed by atoms with Crippen LogP contribution in [0.15, 0.2) is 180 Å². The molecular weight excluding hydrogens is 707 g/mol. The average Bonchev–Trinajstić information content (AvgIpc) is 3.77. The van der Waals surface area contributed by atoms with Gasteiger partial charge >= 0.3 is 0 Å². The van der Waals surface area contributed by atoms with Gasteiger partial charge in [0.1, 0.15) is 11.2 Å². The van der Waals surface area contributed by atoms with Crippen molar-refractivity contribution in [2.45, 2.75) is 19.3 Å². The van der Waals surface area contributed by atoms with Crippen LogP contribution < -0.4 is 0 Å². The van der Waals surface area contributed by atoms with Crippen molar-refractivity contribution in [3.05, 3.63) is 187 Å². The Bertz CT molecular complexity index is 3490. The molecule has 9 aromatic carbocycles. The second-order valence-corrected chi connectivity index (χ2v) is 16.0. The van der Waals surface area contributed by atoms with E-state index in [1.165, 1.54) is 43.8 Å². The van der Waals surface area contributed by atoms with Crippen molar-refractivity contribution in [3.8, 4) is 56.4 Å². The van der Waals surface area contributed by atoms with E-state index in [0.717, 1.165) is 60.5 Å². The van der Waals surface area contributed by atoms with Gasteiger partial charge < -0.3 is 4.42 Å². The van der Waals surface area contributed by atoms with Crippen LogP contribution in [0.3, 0.4) is 0 Å². The summed E-state index contributed by atoms with van der Waals surface area (Å²) in [5.74, 6) is 1.95. The molecule has 0 fully saturated rings. The lowest BCUT2D eigenvalue weighted by Crippen LogP contribution is -2.15. The molecule has 0 unspecified atom stereocenters. The number of fused-ring (bicyclic) bond motifs is 11. The van der Waals surface area contributed by atoms with Crippen molar-refractivity contribution in [2.75, 3.05) is 0 Å². The molecular formula is C54H35N3O. The molecule has 11 aromatic rings. The summed E-state index contributed by atoms with van der Waals surface area (Å²) in [5, 5.41) is 9.45. The molecule has 12 rings (SSSR count). The van der Waals surface area contributed by atoms with Gasteiger partial charge in [0.05, 0.1) is 0 Å². The van der Waals surface area contributed by atoms with Gasteiger partial charge in [0.25, 0.3) is 0 Å². The largest absolute Gasteiger partial charge is 0.456 e. The van der Waals surface area contributed by atoms with Crippen LogP contribution in [-0.2, 0) is 5.41 Å². The van der Waals surface area contributed by atoms with E-state index in [1.54, 1.807) is 0 Å². The van der Waals surface area contributed by atoms with E-state index < -0.39 is 0 Å². The molecule has 0 radical (unpaired) electrons. The second-order valence-electron chi connectivity index (χ2n) is 16.0. The van der Waals surface area contributed by atoms with Crippen LogP contribution in [0.4, 0.5) is 0 Å². The first-order valence-corrected chi connectivity index (χ1v) is 19.8. The van der Waals surface area contributed by atoms with Crippen LogP contribution in [0.1, 0.15) is 25.0 Å². The lowest BCUT2D eigenvalue weighted by atomic mass is 9.82. The van der Waals surface area contributed by atoms with Gasteiger partial charge in [0.15, 0.2) is 17.5 Å². The molecule has 0 saturated carbocycles. The molecule has 0 amide bonds. The number of benzene rings is 9. The molecule has 2 aromatic heterocycles. The molecule has 58 heavy (non-hydrogen) atoms. The highest BCUT2D eigenvalue weighted by Crippen LogP contribution is 2.49. The summed E-state index contributed by atoms with van der Waals surface area (Å²) in [5.41, 5.74) is 12.0. The molecule has 0 atom stereocenters. The van der Waals surface area contributed by atoms with E-state index in [0.29, 0.717) is 17.5 Å². The van der Waals surface area contributed by atoms with Crippen LogP contribution in [-0.4, -0.2) is 15.0 Å². The first kappa shape index (κ1) is 32.8. The molecule has 1 aliphatic carbocycles. The Balaban J connectivity index is 0.992. The highest BCUT2D eigenvalue weighted by Gasteiger charge is 2.35. The van der Waals surface area contributed by atoms with E-state index in [4.69, 9.17) is 19.4 Å². The summed E-state index contributed by atoms with van der Waals surface area (Å²) in [4.78, 5) is 15.4. The second kappa shape index (κ2) is 12.3. The Morgan fingerprint density at radius 2 is 1.00 bits per heavy atom. The zero-order chi connectivity index (χ0) is 38.5. The van der Waals surface area contributed by atoms with Crippen molar-refractivity contribution >= 4 is 54.3 Å². The van der Waals surface area contributed by atoms with Crippen LogP contribution >= 0.6 is 0 Å². The van der Waals surface area contributed by atoms with Crippen LogP contribution in [0.2, 0.25) is 0 Å². The molecule has 0 N–H and O–H groups in total. The molecule has 2 heterocycles. The molecule has 0 aliphatic heterocycles. The van der Waals surface area contributed by atoms with Crippen molar-refractivity contribution in [3.63, 3.8) is 0 Å². The van der Waals surface area contributed by atoms with Gasteiger partial charge in [-0.15, -0.1) is 0 Å². The van der Waals surface area contributed by atoms with E-state index >= 15 is 0 Å². The maximum atomic E-state index is 6.46. The Labute approximate surface area is 335 Å². The highest BCUT2D eigenvalue weighted by molar-refractivity contribution is 6.27. The van der Waals surface area contributed by atoms with Gasteiger partial charge in [-0.25, -0.2) is 15.0 Å². The van der Waals surface area contributed by atoms with Crippen molar-refractivity contribution in [1.82, 2.24) is 15.0 Å². The number of aromatic nitrogens is 3. The highest BCUT2D eigenvalue weighted by atomic mass is 16.3. The molecule has 0 spiro atoms. The van der Waals surface area contributed by atoms with E-state index in [-0.39, 0.29) is 5.41 Å². The van der Waals surface area contributed by atoms with Crippen molar-refractivity contribution in [1.29, 1.82) is 0 Å². The Hall–Kier alpha value is -7.43. The number of rotatable bonds is 4. The minimum Gasteiger partial charge on any atom is -0.456 e.